The molecule has 0 aromatic carbocycles. The van der Waals surface area contributed by atoms with E-state index in [4.69, 9.17) is 0 Å². The maximum atomic E-state index is 12.3. The van der Waals surface area contributed by atoms with Gasteiger partial charge in [-0.1, -0.05) is 6.92 Å². The molecule has 0 saturated carbocycles. The quantitative estimate of drug-likeness (QED) is 0.769. The number of hydrogen-bond acceptors (Lipinski definition) is 2. The van der Waals surface area contributed by atoms with E-state index in [9.17, 15) is 4.79 Å². The molecule has 4 heteroatoms. The Balaban J connectivity index is 1.54. The van der Waals surface area contributed by atoms with Crippen LogP contribution in [-0.4, -0.2) is 54.1 Å². The molecule has 1 N–H and O–H groups in total. The van der Waals surface area contributed by atoms with E-state index in [1.54, 1.807) is 0 Å². The minimum Gasteiger partial charge on any atom is -0.334 e. The molecule has 3 aliphatic rings. The van der Waals surface area contributed by atoms with Crippen LogP contribution in [0.15, 0.2) is 0 Å². The molecule has 4 nitrogen and oxygen atoms in total. The fraction of sp³-hybridized carbons (Fsp3) is 0.929. The second-order valence-electron chi connectivity index (χ2n) is 6.28. The van der Waals surface area contributed by atoms with Crippen LogP contribution in [0.5, 0.6) is 0 Å². The van der Waals surface area contributed by atoms with Gasteiger partial charge in [0.25, 0.3) is 0 Å². The third-order valence-corrected chi connectivity index (χ3v) is 4.86. The number of likely N-dealkylation sites (tertiary alicyclic amines) is 1. The third kappa shape index (κ3) is 2.35. The topological polar surface area (TPSA) is 35.6 Å². The lowest BCUT2D eigenvalue weighted by Gasteiger charge is -2.32. The number of urea groups is 1. The number of carbonyl (C=O) groups excluding carboxylic acids is 1. The summed E-state index contributed by atoms with van der Waals surface area (Å²) in [4.78, 5) is 16.8. The molecule has 3 fully saturated rings. The van der Waals surface area contributed by atoms with Gasteiger partial charge < -0.3 is 10.2 Å². The van der Waals surface area contributed by atoms with E-state index in [-0.39, 0.29) is 6.03 Å². The number of carbonyl (C=O) groups is 1. The molecule has 0 radical (unpaired) electrons. The number of fused-ring (bicyclic) bond motifs is 1. The van der Waals surface area contributed by atoms with Crippen LogP contribution < -0.4 is 5.32 Å². The molecule has 18 heavy (non-hydrogen) atoms. The summed E-state index contributed by atoms with van der Waals surface area (Å²) in [5.74, 6) is 0.663. The van der Waals surface area contributed by atoms with Gasteiger partial charge in [0, 0.05) is 31.7 Å². The maximum absolute atomic E-state index is 12.3. The van der Waals surface area contributed by atoms with E-state index >= 15 is 0 Å². The molecule has 3 aliphatic heterocycles. The molecule has 3 atom stereocenters. The Hall–Kier alpha value is -0.770. The van der Waals surface area contributed by atoms with Gasteiger partial charge in [-0.15, -0.1) is 0 Å². The summed E-state index contributed by atoms with van der Waals surface area (Å²) in [5, 5.41) is 3.29. The molecule has 0 bridgehead atoms. The molecule has 0 aromatic heterocycles. The Labute approximate surface area is 110 Å². The van der Waals surface area contributed by atoms with Crippen LogP contribution in [0, 0.1) is 5.92 Å². The zero-order chi connectivity index (χ0) is 12.5. The van der Waals surface area contributed by atoms with Crippen molar-refractivity contribution >= 4 is 6.03 Å². The average molecular weight is 251 g/mol. The van der Waals surface area contributed by atoms with Crippen LogP contribution in [0.25, 0.3) is 0 Å². The molecule has 3 rings (SSSR count). The lowest BCUT2D eigenvalue weighted by atomic mass is 10.0. The first-order valence-electron chi connectivity index (χ1n) is 7.53. The number of hydrogen-bond donors (Lipinski definition) is 1. The Morgan fingerprint density at radius 3 is 2.78 bits per heavy atom. The molecule has 3 heterocycles. The van der Waals surface area contributed by atoms with Crippen molar-refractivity contribution < 1.29 is 4.79 Å². The lowest BCUT2D eigenvalue weighted by Crippen LogP contribution is -2.50. The highest BCUT2D eigenvalue weighted by Gasteiger charge is 2.38. The Morgan fingerprint density at radius 2 is 1.94 bits per heavy atom. The summed E-state index contributed by atoms with van der Waals surface area (Å²) >= 11 is 0. The minimum atomic E-state index is 0.181. The zero-order valence-corrected chi connectivity index (χ0v) is 11.4. The van der Waals surface area contributed by atoms with Crippen LogP contribution in [-0.2, 0) is 0 Å². The van der Waals surface area contributed by atoms with Crippen molar-refractivity contribution in [3.8, 4) is 0 Å². The van der Waals surface area contributed by atoms with Crippen LogP contribution in [0.2, 0.25) is 0 Å². The number of piperidine rings is 1. The third-order valence-electron chi connectivity index (χ3n) is 4.86. The minimum absolute atomic E-state index is 0.181. The summed E-state index contributed by atoms with van der Waals surface area (Å²) in [5.41, 5.74) is 0. The van der Waals surface area contributed by atoms with Crippen molar-refractivity contribution in [2.45, 2.75) is 51.1 Å². The second kappa shape index (κ2) is 5.08. The first-order valence-corrected chi connectivity index (χ1v) is 7.53. The summed E-state index contributed by atoms with van der Waals surface area (Å²) in [7, 11) is 0. The standard InChI is InChI=1S/C14H25N3O/c1-11-4-2-8-17(10-11)14(18)15-12-6-9-16-7-3-5-13(12)16/h11-13H,2-10H2,1H3,(H,15,18). The van der Waals surface area contributed by atoms with E-state index in [0.29, 0.717) is 18.0 Å². The van der Waals surface area contributed by atoms with Gasteiger partial charge in [-0.2, -0.15) is 0 Å². The zero-order valence-electron chi connectivity index (χ0n) is 11.4. The van der Waals surface area contributed by atoms with E-state index in [1.165, 1.54) is 32.4 Å². The molecule has 102 valence electrons. The van der Waals surface area contributed by atoms with Gasteiger partial charge in [0.15, 0.2) is 0 Å². The van der Waals surface area contributed by atoms with E-state index in [2.05, 4.69) is 17.1 Å². The van der Waals surface area contributed by atoms with Gasteiger partial charge in [-0.3, -0.25) is 4.90 Å². The van der Waals surface area contributed by atoms with Crippen molar-refractivity contribution in [2.75, 3.05) is 26.2 Å². The molecule has 0 spiro atoms. The summed E-state index contributed by atoms with van der Waals surface area (Å²) in [6.07, 6.45) is 6.14. The summed E-state index contributed by atoms with van der Waals surface area (Å²) in [6, 6.07) is 1.20. The molecular formula is C14H25N3O. The highest BCUT2D eigenvalue weighted by Crippen LogP contribution is 2.28. The summed E-state index contributed by atoms with van der Waals surface area (Å²) in [6.45, 7) is 6.53. The van der Waals surface area contributed by atoms with Gasteiger partial charge in [0.1, 0.15) is 0 Å². The SMILES string of the molecule is CC1CCCN(C(=O)NC2CCN3CCCC23)C1. The molecule has 2 amide bonds. The van der Waals surface area contributed by atoms with Gasteiger partial charge in [0.05, 0.1) is 0 Å². The van der Waals surface area contributed by atoms with Gasteiger partial charge in [0.2, 0.25) is 0 Å². The highest BCUT2D eigenvalue weighted by molar-refractivity contribution is 5.74. The molecule has 3 saturated heterocycles. The van der Waals surface area contributed by atoms with E-state index < -0.39 is 0 Å². The van der Waals surface area contributed by atoms with Gasteiger partial charge in [-0.05, 0) is 44.6 Å². The smallest absolute Gasteiger partial charge is 0.317 e. The van der Waals surface area contributed by atoms with E-state index in [0.717, 1.165) is 25.9 Å². The molecule has 3 unspecified atom stereocenters. The maximum Gasteiger partial charge on any atom is 0.317 e. The first kappa shape index (κ1) is 12.3. The van der Waals surface area contributed by atoms with Crippen molar-refractivity contribution in [3.63, 3.8) is 0 Å². The van der Waals surface area contributed by atoms with Gasteiger partial charge >= 0.3 is 6.03 Å². The fourth-order valence-corrected chi connectivity index (χ4v) is 3.87. The summed E-state index contributed by atoms with van der Waals surface area (Å²) < 4.78 is 0. The molecular weight excluding hydrogens is 226 g/mol. The van der Waals surface area contributed by atoms with Crippen LogP contribution in [0.4, 0.5) is 4.79 Å². The Morgan fingerprint density at radius 1 is 1.11 bits per heavy atom. The number of rotatable bonds is 1. The fourth-order valence-electron chi connectivity index (χ4n) is 3.87. The first-order chi connectivity index (χ1) is 8.74. The second-order valence-corrected chi connectivity index (χ2v) is 6.28. The Bertz CT molecular complexity index is 320. The lowest BCUT2D eigenvalue weighted by molar-refractivity contribution is 0.164. The Kier molecular flexibility index (Phi) is 3.46. The van der Waals surface area contributed by atoms with Crippen molar-refractivity contribution in [1.29, 1.82) is 0 Å². The highest BCUT2D eigenvalue weighted by atomic mass is 16.2. The van der Waals surface area contributed by atoms with Crippen molar-refractivity contribution in [1.82, 2.24) is 15.1 Å². The van der Waals surface area contributed by atoms with Gasteiger partial charge in [-0.25, -0.2) is 4.79 Å². The number of amides is 2. The van der Waals surface area contributed by atoms with Crippen molar-refractivity contribution in [3.05, 3.63) is 0 Å². The predicted molar refractivity (Wildman–Crippen MR) is 71.5 cm³/mol. The number of nitrogens with zero attached hydrogens (tertiary/aromatic N) is 2. The average Bonchev–Trinajstić information content (AvgIpc) is 2.94. The monoisotopic (exact) mass is 251 g/mol. The van der Waals surface area contributed by atoms with Crippen molar-refractivity contribution in [2.24, 2.45) is 5.92 Å². The van der Waals surface area contributed by atoms with Crippen LogP contribution in [0.3, 0.4) is 0 Å². The molecule has 0 aliphatic carbocycles. The largest absolute Gasteiger partial charge is 0.334 e. The normalized spacial score (nSPS) is 36.7. The predicted octanol–water partition coefficient (Wildman–Crippen LogP) is 1.66. The number of nitrogens with one attached hydrogen (secondary N) is 1. The van der Waals surface area contributed by atoms with Crippen LogP contribution in [0.1, 0.15) is 39.0 Å². The molecule has 0 aromatic rings. The van der Waals surface area contributed by atoms with Crippen LogP contribution >= 0.6 is 0 Å². The van der Waals surface area contributed by atoms with E-state index in [1.807, 2.05) is 4.90 Å².